The molecule has 0 bridgehead atoms. The van der Waals surface area contributed by atoms with E-state index in [-0.39, 0.29) is 18.7 Å². The zero-order valence-corrected chi connectivity index (χ0v) is 19.9. The van der Waals surface area contributed by atoms with Crippen molar-refractivity contribution in [3.05, 3.63) is 58.6 Å². The van der Waals surface area contributed by atoms with Crippen molar-refractivity contribution in [2.45, 2.75) is 17.8 Å². The molecule has 188 valence electrons. The highest BCUT2D eigenvalue weighted by atomic mass is 35.5. The summed E-state index contributed by atoms with van der Waals surface area (Å²) in [6.45, 7) is -0.136. The Labute approximate surface area is 201 Å². The minimum absolute atomic E-state index is 0.0477. The lowest BCUT2D eigenvalue weighted by Gasteiger charge is -2.41. The fraction of sp³-hybridized carbons (Fsp3) is 0.278. The van der Waals surface area contributed by atoms with Crippen molar-refractivity contribution in [2.24, 2.45) is 0 Å². The number of halogens is 2. The highest BCUT2D eigenvalue weighted by Crippen LogP contribution is 2.79. The summed E-state index contributed by atoms with van der Waals surface area (Å²) in [6, 6.07) is 4.28. The maximum atomic E-state index is 14.9. The molecule has 1 aromatic carbocycles. The fourth-order valence-corrected chi connectivity index (χ4v) is 7.08. The van der Waals surface area contributed by atoms with Crippen LogP contribution in [0.4, 0.5) is 14.0 Å². The van der Waals surface area contributed by atoms with Crippen LogP contribution in [0.5, 0.6) is 5.75 Å². The molecule has 4 rings (SSSR count). The first-order chi connectivity index (χ1) is 16.3. The molecule has 17 heteroatoms. The van der Waals surface area contributed by atoms with Crippen LogP contribution in [-0.2, 0) is 29.3 Å². The molecule has 2 aliphatic heterocycles. The highest BCUT2D eigenvalue weighted by molar-refractivity contribution is 7.73. The minimum atomic E-state index is -5.39. The van der Waals surface area contributed by atoms with Crippen molar-refractivity contribution < 1.29 is 56.5 Å². The van der Waals surface area contributed by atoms with Crippen LogP contribution in [0.25, 0.3) is 0 Å². The van der Waals surface area contributed by atoms with Gasteiger partial charge < -0.3 is 24.4 Å². The maximum Gasteiger partial charge on any atom is 0.424 e. The van der Waals surface area contributed by atoms with E-state index in [9.17, 15) is 38.0 Å². The van der Waals surface area contributed by atoms with Crippen LogP contribution < -0.4 is 4.74 Å². The van der Waals surface area contributed by atoms with Crippen molar-refractivity contribution in [1.29, 1.82) is 0 Å². The lowest BCUT2D eigenvalue weighted by atomic mass is 10.2. The third kappa shape index (κ3) is 4.72. The molecular formula is C18H16ClFN2O11P2. The summed E-state index contributed by atoms with van der Waals surface area (Å²) in [4.78, 5) is 48.6. The molecule has 13 nitrogen and oxygen atoms in total. The first kappa shape index (κ1) is 25.7. The van der Waals surface area contributed by atoms with Gasteiger partial charge in [0.15, 0.2) is 0 Å². The second-order valence-electron chi connectivity index (χ2n) is 7.33. The SMILES string of the molecule is O=C1OCCN1C(=O)Oc1cc(F)c(C2OP(=O)(O)C(O)(Cc3cccnc3)P(=O)(O)O2)c(Cl)c1. The van der Waals surface area contributed by atoms with Crippen LogP contribution in [0.1, 0.15) is 17.4 Å². The molecule has 2 unspecified atom stereocenters. The Morgan fingerprint density at radius 3 is 2.54 bits per heavy atom. The van der Waals surface area contributed by atoms with Gasteiger partial charge in [-0.2, -0.15) is 0 Å². The largest absolute Gasteiger partial charge is 0.447 e. The van der Waals surface area contributed by atoms with Gasteiger partial charge in [0.2, 0.25) is 6.29 Å². The molecule has 1 aromatic heterocycles. The number of carbonyl (C=O) groups excluding carboxylic acids is 2. The van der Waals surface area contributed by atoms with E-state index in [2.05, 4.69) is 9.72 Å². The molecule has 2 saturated heterocycles. The topological polar surface area (TPSA) is 182 Å². The molecule has 0 saturated carbocycles. The van der Waals surface area contributed by atoms with Crippen molar-refractivity contribution in [1.82, 2.24) is 9.88 Å². The van der Waals surface area contributed by atoms with Gasteiger partial charge in [0.05, 0.1) is 17.1 Å². The highest BCUT2D eigenvalue weighted by Gasteiger charge is 2.67. The Balaban J connectivity index is 1.60. The molecule has 3 heterocycles. The van der Waals surface area contributed by atoms with Gasteiger partial charge in [-0.05, 0) is 11.6 Å². The van der Waals surface area contributed by atoms with Gasteiger partial charge in [-0.15, -0.1) is 0 Å². The van der Waals surface area contributed by atoms with E-state index in [4.69, 9.17) is 25.4 Å². The molecule has 0 spiro atoms. The zero-order chi connectivity index (χ0) is 25.6. The number of hydrogen-bond acceptors (Lipinski definition) is 10. The summed E-state index contributed by atoms with van der Waals surface area (Å²) in [5.74, 6) is -1.78. The molecule has 0 radical (unpaired) electrons. The molecule has 35 heavy (non-hydrogen) atoms. The quantitative estimate of drug-likeness (QED) is 0.472. The lowest BCUT2D eigenvalue weighted by molar-refractivity contribution is -0.0595. The molecule has 2 aliphatic rings. The average Bonchev–Trinajstić information content (AvgIpc) is 3.18. The smallest absolute Gasteiger partial charge is 0.424 e. The molecule has 2 amide bonds. The van der Waals surface area contributed by atoms with Crippen LogP contribution in [0, 0.1) is 5.82 Å². The summed E-state index contributed by atoms with van der Waals surface area (Å²) in [7, 11) is -10.8. The normalized spacial score (nSPS) is 30.7. The number of amides is 2. The predicted molar refractivity (Wildman–Crippen MR) is 113 cm³/mol. The van der Waals surface area contributed by atoms with E-state index in [0.29, 0.717) is 11.0 Å². The van der Waals surface area contributed by atoms with E-state index < -0.39 is 67.3 Å². The van der Waals surface area contributed by atoms with E-state index >= 15 is 0 Å². The number of aromatic nitrogens is 1. The van der Waals surface area contributed by atoms with Gasteiger partial charge in [-0.1, -0.05) is 17.7 Å². The minimum Gasteiger partial charge on any atom is -0.447 e. The summed E-state index contributed by atoms with van der Waals surface area (Å²) in [5.41, 5.74) is -0.666. The molecule has 2 aromatic rings. The van der Waals surface area contributed by atoms with Crippen molar-refractivity contribution in [3.8, 4) is 5.75 Å². The Morgan fingerprint density at radius 2 is 2.00 bits per heavy atom. The van der Waals surface area contributed by atoms with Gasteiger partial charge in [-0.25, -0.2) is 18.9 Å². The van der Waals surface area contributed by atoms with Gasteiger partial charge >= 0.3 is 27.4 Å². The molecule has 2 atom stereocenters. The van der Waals surface area contributed by atoms with E-state index in [1.807, 2.05) is 0 Å². The van der Waals surface area contributed by atoms with Gasteiger partial charge in [0.1, 0.15) is 18.2 Å². The monoisotopic (exact) mass is 552 g/mol. The molecular weight excluding hydrogens is 537 g/mol. The summed E-state index contributed by atoms with van der Waals surface area (Å²) in [5, 5.41) is 6.85. The Kier molecular flexibility index (Phi) is 6.77. The summed E-state index contributed by atoms with van der Waals surface area (Å²) in [6.07, 6.45) is -2.72. The van der Waals surface area contributed by atoms with Crippen molar-refractivity contribution in [2.75, 3.05) is 13.2 Å². The predicted octanol–water partition coefficient (Wildman–Crippen LogP) is 3.13. The number of cyclic esters (lactones) is 1. The standard InChI is InChI=1S/C18H16ClFN2O11P2/c19-12-6-11(31-17(24)22-4-5-30-16(22)23)7-13(20)14(12)15-32-34(26,27)18(25,35(28,29)33-15)8-10-2-1-3-21-9-10/h1-3,6-7,9,15,25H,4-5,8H2,(H,26,27)(H,28,29). The number of carbonyl (C=O) groups is 2. The van der Waals surface area contributed by atoms with E-state index in [0.717, 1.165) is 6.07 Å². The molecule has 3 N–H and O–H groups in total. The van der Waals surface area contributed by atoms with Gasteiger partial charge in [0, 0.05) is 30.9 Å². The average molecular weight is 553 g/mol. The molecule has 2 fully saturated rings. The van der Waals surface area contributed by atoms with Crippen molar-refractivity contribution >= 4 is 39.0 Å². The lowest BCUT2D eigenvalue weighted by Crippen LogP contribution is -2.38. The Hall–Kier alpha value is -2.41. The summed E-state index contributed by atoms with van der Waals surface area (Å²) < 4.78 is 59.8. The first-order valence-electron chi connectivity index (χ1n) is 9.63. The van der Waals surface area contributed by atoms with E-state index in [1.165, 1.54) is 24.5 Å². The maximum absolute atomic E-state index is 14.9. The number of hydrogen-bond donors (Lipinski definition) is 3. The summed E-state index contributed by atoms with van der Waals surface area (Å²) >= 11 is 6.02. The Bertz CT molecular complexity index is 1230. The third-order valence-corrected chi connectivity index (χ3v) is 9.93. The number of nitrogens with zero attached hydrogens (tertiary/aromatic N) is 2. The number of rotatable bonds is 4. The van der Waals surface area contributed by atoms with Crippen LogP contribution in [0.2, 0.25) is 5.02 Å². The number of aliphatic hydroxyl groups is 1. The number of ether oxygens (including phenoxy) is 2. The van der Waals surface area contributed by atoms with Crippen molar-refractivity contribution in [3.63, 3.8) is 0 Å². The molecule has 0 aliphatic carbocycles. The van der Waals surface area contributed by atoms with Crippen LogP contribution in [-0.4, -0.2) is 55.2 Å². The van der Waals surface area contributed by atoms with Crippen LogP contribution in [0.3, 0.4) is 0 Å². The second kappa shape index (κ2) is 9.23. The van der Waals surface area contributed by atoms with Crippen LogP contribution in [0.15, 0.2) is 36.7 Å². The van der Waals surface area contributed by atoms with Gasteiger partial charge in [-0.3, -0.25) is 23.2 Å². The number of imide groups is 1. The Morgan fingerprint density at radius 1 is 1.31 bits per heavy atom. The zero-order valence-electron chi connectivity index (χ0n) is 17.3. The second-order valence-corrected chi connectivity index (χ2v) is 12.1. The fourth-order valence-electron chi connectivity index (χ4n) is 3.25. The van der Waals surface area contributed by atoms with Gasteiger partial charge in [0.25, 0.3) is 5.08 Å². The first-order valence-corrected chi connectivity index (χ1v) is 13.2. The number of benzene rings is 1. The number of pyridine rings is 1. The third-order valence-electron chi connectivity index (χ3n) is 5.02. The van der Waals surface area contributed by atoms with E-state index in [1.54, 1.807) is 0 Å². The van der Waals surface area contributed by atoms with Crippen LogP contribution >= 0.6 is 26.8 Å².